The summed E-state index contributed by atoms with van der Waals surface area (Å²) in [6.45, 7) is 1.73. The maximum Gasteiger partial charge on any atom is 0.534 e. The molecule has 21 heavy (non-hydrogen) atoms. The van der Waals surface area contributed by atoms with Gasteiger partial charge in [-0.25, -0.2) is 0 Å². The molecule has 4 nitrogen and oxygen atoms in total. The van der Waals surface area contributed by atoms with Crippen molar-refractivity contribution < 1.29 is 30.6 Å². The van der Waals surface area contributed by atoms with E-state index in [2.05, 4.69) is 4.18 Å². The Hall–Kier alpha value is -1.83. The van der Waals surface area contributed by atoms with E-state index in [1.165, 1.54) is 12.1 Å². The highest BCUT2D eigenvalue weighted by Gasteiger charge is 2.48. The smallest absolute Gasteiger partial charge is 0.376 e. The number of hydrogen-bond donors (Lipinski definition) is 0. The third-order valence-corrected chi connectivity index (χ3v) is 4.24. The van der Waals surface area contributed by atoms with E-state index in [4.69, 9.17) is 0 Å². The van der Waals surface area contributed by atoms with Gasteiger partial charge in [-0.2, -0.15) is 21.6 Å². The molecule has 8 heteroatoms. The Kier molecular flexibility index (Phi) is 3.83. The number of allylic oxidation sites excluding steroid dienone is 2. The zero-order valence-electron chi connectivity index (χ0n) is 10.9. The van der Waals surface area contributed by atoms with Crippen LogP contribution in [0.2, 0.25) is 0 Å². The topological polar surface area (TPSA) is 60.4 Å². The molecule has 0 heterocycles. The number of hydrogen-bond acceptors (Lipinski definition) is 4. The van der Waals surface area contributed by atoms with Crippen LogP contribution in [-0.4, -0.2) is 20.2 Å². The highest BCUT2D eigenvalue weighted by atomic mass is 32.2. The molecule has 0 atom stereocenters. The zero-order valence-corrected chi connectivity index (χ0v) is 11.7. The molecule has 0 aromatic heterocycles. The van der Waals surface area contributed by atoms with E-state index in [1.54, 1.807) is 6.92 Å². The highest BCUT2D eigenvalue weighted by molar-refractivity contribution is 7.88. The summed E-state index contributed by atoms with van der Waals surface area (Å²) in [5.74, 6) is -0.395. The summed E-state index contributed by atoms with van der Waals surface area (Å²) in [6.07, 6.45) is 1.64. The first-order valence-corrected chi connectivity index (χ1v) is 7.35. The molecule has 0 radical (unpaired) electrons. The average Bonchev–Trinajstić information content (AvgIpc) is 2.37. The molecule has 0 unspecified atom stereocenters. The van der Waals surface area contributed by atoms with E-state index in [1.807, 2.05) is 0 Å². The fourth-order valence-corrected chi connectivity index (χ4v) is 2.60. The molecule has 0 fully saturated rings. The van der Waals surface area contributed by atoms with Crippen molar-refractivity contribution in [1.29, 1.82) is 0 Å². The second kappa shape index (κ2) is 5.18. The van der Waals surface area contributed by atoms with Gasteiger partial charge in [0.2, 0.25) is 0 Å². The van der Waals surface area contributed by atoms with E-state index < -0.39 is 21.4 Å². The summed E-state index contributed by atoms with van der Waals surface area (Å²) >= 11 is 0. The summed E-state index contributed by atoms with van der Waals surface area (Å²) in [4.78, 5) is 10.9. The molecule has 1 aromatic carbocycles. The molecule has 2 rings (SSSR count). The van der Waals surface area contributed by atoms with Gasteiger partial charge in [0.1, 0.15) is 12.0 Å². The van der Waals surface area contributed by atoms with Crippen LogP contribution < -0.4 is 4.18 Å². The number of aldehydes is 1. The largest absolute Gasteiger partial charge is 0.534 e. The van der Waals surface area contributed by atoms with Crippen LogP contribution in [0.5, 0.6) is 5.75 Å². The number of aryl methyl sites for hydroxylation is 1. The summed E-state index contributed by atoms with van der Waals surface area (Å²) < 4.78 is 62.8. The van der Waals surface area contributed by atoms with Gasteiger partial charge in [0.15, 0.2) is 0 Å². The minimum atomic E-state index is -5.67. The molecule has 0 saturated heterocycles. The summed E-state index contributed by atoms with van der Waals surface area (Å²) in [5.41, 5.74) is -2.76. The molecular weight excluding hydrogens is 309 g/mol. The van der Waals surface area contributed by atoms with Crippen LogP contribution in [0.1, 0.15) is 24.5 Å². The number of carbonyl (C=O) groups is 1. The van der Waals surface area contributed by atoms with Gasteiger partial charge in [-0.05, 0) is 54.2 Å². The Labute approximate surface area is 119 Å². The van der Waals surface area contributed by atoms with Crippen molar-refractivity contribution in [2.45, 2.75) is 25.3 Å². The molecule has 0 aliphatic heterocycles. The molecular formula is C13H11F3O4S. The lowest BCUT2D eigenvalue weighted by molar-refractivity contribution is -0.105. The van der Waals surface area contributed by atoms with Crippen LogP contribution in [0.25, 0.3) is 5.57 Å². The normalized spacial score (nSPS) is 15.6. The number of carbonyl (C=O) groups excluding carboxylic acids is 1. The van der Waals surface area contributed by atoms with Crippen molar-refractivity contribution in [2.24, 2.45) is 0 Å². The number of rotatable bonds is 3. The Morgan fingerprint density at radius 3 is 2.48 bits per heavy atom. The van der Waals surface area contributed by atoms with E-state index >= 15 is 0 Å². The third kappa shape index (κ3) is 2.94. The van der Waals surface area contributed by atoms with Gasteiger partial charge >= 0.3 is 15.6 Å². The SMILES string of the molecule is CC1=C(C=O)CCc2cc(OS(=O)(=O)C(F)(F)F)ccc21. The molecule has 0 bridgehead atoms. The molecule has 1 aliphatic carbocycles. The van der Waals surface area contributed by atoms with Crippen molar-refractivity contribution in [3.63, 3.8) is 0 Å². The predicted molar refractivity (Wildman–Crippen MR) is 69.0 cm³/mol. The zero-order chi connectivity index (χ0) is 15.8. The van der Waals surface area contributed by atoms with Crippen molar-refractivity contribution in [3.05, 3.63) is 34.9 Å². The van der Waals surface area contributed by atoms with E-state index in [-0.39, 0.29) is 0 Å². The van der Waals surface area contributed by atoms with E-state index in [0.29, 0.717) is 29.5 Å². The first kappa shape index (κ1) is 15.6. The van der Waals surface area contributed by atoms with Crippen molar-refractivity contribution in [1.82, 2.24) is 0 Å². The fourth-order valence-electron chi connectivity index (χ4n) is 2.15. The van der Waals surface area contributed by atoms with Gasteiger partial charge in [0, 0.05) is 0 Å². The molecule has 0 saturated carbocycles. The molecule has 114 valence electrons. The molecule has 1 aliphatic rings. The molecule has 0 spiro atoms. The standard InChI is InChI=1S/C13H11F3O4S/c1-8-10(7-17)3-2-9-6-11(4-5-12(8)9)20-21(18,19)13(14,15)16/h4-7H,2-3H2,1H3. The van der Waals surface area contributed by atoms with Crippen LogP contribution in [0.15, 0.2) is 23.8 Å². The minimum Gasteiger partial charge on any atom is -0.376 e. The van der Waals surface area contributed by atoms with Crippen molar-refractivity contribution >= 4 is 22.0 Å². The van der Waals surface area contributed by atoms with Gasteiger partial charge in [0.25, 0.3) is 0 Å². The van der Waals surface area contributed by atoms with Gasteiger partial charge in [-0.15, -0.1) is 0 Å². The monoisotopic (exact) mass is 320 g/mol. The number of fused-ring (bicyclic) bond motifs is 1. The average molecular weight is 320 g/mol. The molecule has 0 amide bonds. The van der Waals surface area contributed by atoms with Crippen molar-refractivity contribution in [3.8, 4) is 5.75 Å². The lowest BCUT2D eigenvalue weighted by Crippen LogP contribution is -2.28. The second-order valence-corrected chi connectivity index (χ2v) is 6.11. The van der Waals surface area contributed by atoms with Crippen LogP contribution in [-0.2, 0) is 21.3 Å². The van der Waals surface area contributed by atoms with Crippen LogP contribution in [0, 0.1) is 0 Å². The summed E-state index contributed by atoms with van der Waals surface area (Å²) in [5, 5.41) is 0. The Bertz CT molecular complexity index is 717. The summed E-state index contributed by atoms with van der Waals surface area (Å²) in [6, 6.07) is 3.84. The maximum absolute atomic E-state index is 12.3. The van der Waals surface area contributed by atoms with Gasteiger partial charge in [0.05, 0.1) is 0 Å². The predicted octanol–water partition coefficient (Wildman–Crippen LogP) is 2.83. The highest BCUT2D eigenvalue weighted by Crippen LogP contribution is 2.34. The number of benzene rings is 1. The Morgan fingerprint density at radius 1 is 1.24 bits per heavy atom. The van der Waals surface area contributed by atoms with Crippen LogP contribution >= 0.6 is 0 Å². The third-order valence-electron chi connectivity index (χ3n) is 3.26. The van der Waals surface area contributed by atoms with Gasteiger partial charge < -0.3 is 4.18 Å². The minimum absolute atomic E-state index is 0.395. The second-order valence-electron chi connectivity index (χ2n) is 4.57. The number of halogens is 3. The lowest BCUT2D eigenvalue weighted by Gasteiger charge is -2.19. The fraction of sp³-hybridized carbons (Fsp3) is 0.308. The van der Waals surface area contributed by atoms with E-state index in [0.717, 1.165) is 17.9 Å². The van der Waals surface area contributed by atoms with Gasteiger partial charge in [-0.1, -0.05) is 6.07 Å². The van der Waals surface area contributed by atoms with E-state index in [9.17, 15) is 26.4 Å². The van der Waals surface area contributed by atoms with Gasteiger partial charge in [-0.3, -0.25) is 4.79 Å². The Morgan fingerprint density at radius 2 is 1.90 bits per heavy atom. The Balaban J connectivity index is 2.37. The lowest BCUT2D eigenvalue weighted by atomic mass is 9.87. The van der Waals surface area contributed by atoms with Crippen LogP contribution in [0.3, 0.4) is 0 Å². The van der Waals surface area contributed by atoms with Crippen LogP contribution in [0.4, 0.5) is 13.2 Å². The first-order chi connectivity index (χ1) is 9.65. The first-order valence-electron chi connectivity index (χ1n) is 5.94. The quantitative estimate of drug-likeness (QED) is 0.488. The number of alkyl halides is 3. The molecule has 1 aromatic rings. The summed E-state index contributed by atoms with van der Waals surface area (Å²) in [7, 11) is -5.67. The maximum atomic E-state index is 12.3. The molecule has 0 N–H and O–H groups in total. The van der Waals surface area contributed by atoms with Crippen molar-refractivity contribution in [2.75, 3.05) is 0 Å².